The summed E-state index contributed by atoms with van der Waals surface area (Å²) >= 11 is 0. The number of amides is 1. The second-order valence-corrected chi connectivity index (χ2v) is 7.97. The minimum atomic E-state index is -3.25. The second-order valence-electron chi connectivity index (χ2n) is 5.79. The van der Waals surface area contributed by atoms with Gasteiger partial charge in [-0.25, -0.2) is 12.8 Å². The summed E-state index contributed by atoms with van der Waals surface area (Å²) < 4.78 is 37.6. The van der Waals surface area contributed by atoms with Crippen molar-refractivity contribution in [1.29, 1.82) is 5.41 Å². The van der Waals surface area contributed by atoms with Gasteiger partial charge in [-0.1, -0.05) is 0 Å². The molecule has 1 amide bonds. The van der Waals surface area contributed by atoms with E-state index in [1.807, 2.05) is 0 Å². The van der Waals surface area contributed by atoms with E-state index in [2.05, 4.69) is 10.4 Å². The quantitative estimate of drug-likeness (QED) is 0.750. The van der Waals surface area contributed by atoms with E-state index in [1.165, 1.54) is 35.1 Å². The zero-order chi connectivity index (χ0) is 18.2. The lowest BCUT2D eigenvalue weighted by Gasteiger charge is -2.23. The Morgan fingerprint density at radius 3 is 2.64 bits per heavy atom. The first-order chi connectivity index (χ1) is 11.7. The molecule has 2 heterocycles. The first-order valence-electron chi connectivity index (χ1n) is 7.44. The van der Waals surface area contributed by atoms with Crippen LogP contribution >= 0.6 is 0 Å². The summed E-state index contributed by atoms with van der Waals surface area (Å²) in [6.45, 7) is 0. The Morgan fingerprint density at radius 1 is 1.36 bits per heavy atom. The molecule has 0 spiro atoms. The van der Waals surface area contributed by atoms with Gasteiger partial charge in [-0.05, 0) is 30.7 Å². The zero-order valence-corrected chi connectivity index (χ0v) is 13.9. The van der Waals surface area contributed by atoms with Gasteiger partial charge < -0.3 is 16.5 Å². The van der Waals surface area contributed by atoms with Crippen LogP contribution in [0.25, 0.3) is 0 Å². The van der Waals surface area contributed by atoms with Gasteiger partial charge >= 0.3 is 0 Å². The number of sulfone groups is 1. The molecule has 1 aromatic carbocycles. The molecular formula is C15H16FN5O3S. The van der Waals surface area contributed by atoms with Gasteiger partial charge in [0, 0.05) is 17.6 Å². The number of carbonyl (C=O) groups excluding carboxylic acids is 1. The number of primary amides is 1. The molecule has 0 bridgehead atoms. The van der Waals surface area contributed by atoms with E-state index in [9.17, 15) is 17.6 Å². The molecule has 132 valence electrons. The van der Waals surface area contributed by atoms with Crippen LogP contribution in [0.1, 0.15) is 22.8 Å². The summed E-state index contributed by atoms with van der Waals surface area (Å²) in [6.07, 6.45) is 1.60. The van der Waals surface area contributed by atoms with E-state index in [0.717, 1.165) is 0 Å². The van der Waals surface area contributed by atoms with Crippen LogP contribution < -0.4 is 11.1 Å². The summed E-state index contributed by atoms with van der Waals surface area (Å²) in [4.78, 5) is 11.7. The van der Waals surface area contributed by atoms with Crippen LogP contribution in [0.2, 0.25) is 0 Å². The minimum absolute atomic E-state index is 0.0121. The number of rotatable bonds is 4. The van der Waals surface area contributed by atoms with E-state index in [-0.39, 0.29) is 35.0 Å². The van der Waals surface area contributed by atoms with Gasteiger partial charge in [-0.3, -0.25) is 9.48 Å². The number of halogens is 1. The number of nitrogens with one attached hydrogen (secondary N) is 2. The highest BCUT2D eigenvalue weighted by molar-refractivity contribution is 7.92. The van der Waals surface area contributed by atoms with E-state index in [1.54, 1.807) is 0 Å². The fourth-order valence-electron chi connectivity index (χ4n) is 2.66. The maximum Gasteiger partial charge on any atom is 0.254 e. The van der Waals surface area contributed by atoms with Gasteiger partial charge in [0.15, 0.2) is 15.7 Å². The molecule has 25 heavy (non-hydrogen) atoms. The predicted molar refractivity (Wildman–Crippen MR) is 90.5 cm³/mol. The Hall–Kier alpha value is -2.75. The average Bonchev–Trinajstić information content (AvgIpc) is 2.92. The second kappa shape index (κ2) is 6.28. The first-order valence-corrected chi connectivity index (χ1v) is 9.26. The van der Waals surface area contributed by atoms with Crippen LogP contribution in [0, 0.1) is 11.2 Å². The maximum atomic E-state index is 13.0. The van der Waals surface area contributed by atoms with Crippen molar-refractivity contribution in [1.82, 2.24) is 9.78 Å². The summed E-state index contributed by atoms with van der Waals surface area (Å²) in [5, 5.41) is 15.1. The Morgan fingerprint density at radius 2 is 2.04 bits per heavy atom. The number of aromatic nitrogens is 2. The van der Waals surface area contributed by atoms with Crippen molar-refractivity contribution < 1.29 is 17.6 Å². The highest BCUT2D eigenvalue weighted by Crippen LogP contribution is 2.25. The lowest BCUT2D eigenvalue weighted by atomic mass is 10.1. The predicted octanol–water partition coefficient (Wildman–Crippen LogP) is 1.24. The number of carbonyl (C=O) groups is 1. The van der Waals surface area contributed by atoms with Crippen molar-refractivity contribution in [2.75, 3.05) is 16.8 Å². The monoisotopic (exact) mass is 365 g/mol. The van der Waals surface area contributed by atoms with Crippen LogP contribution in [0.4, 0.5) is 15.9 Å². The van der Waals surface area contributed by atoms with E-state index >= 15 is 0 Å². The van der Waals surface area contributed by atoms with Crippen LogP contribution in [-0.4, -0.2) is 41.3 Å². The largest absolute Gasteiger partial charge is 0.365 e. The number of nitrogens with two attached hydrogens (primary N) is 1. The van der Waals surface area contributed by atoms with E-state index < -0.39 is 27.6 Å². The molecule has 1 fully saturated rings. The maximum absolute atomic E-state index is 13.0. The van der Waals surface area contributed by atoms with Crippen molar-refractivity contribution in [3.63, 3.8) is 0 Å². The molecule has 1 saturated heterocycles. The Labute approximate surface area is 143 Å². The zero-order valence-electron chi connectivity index (χ0n) is 13.1. The first kappa shape index (κ1) is 17.1. The molecule has 0 aliphatic carbocycles. The molecule has 4 N–H and O–H groups in total. The summed E-state index contributed by atoms with van der Waals surface area (Å²) in [5.74, 6) is -1.33. The fourth-order valence-corrected chi connectivity index (χ4v) is 4.05. The third-order valence-corrected chi connectivity index (χ3v) is 5.51. The summed E-state index contributed by atoms with van der Waals surface area (Å²) in [7, 11) is -3.25. The van der Waals surface area contributed by atoms with Gasteiger partial charge in [0.25, 0.3) is 5.91 Å². The number of anilines is 2. The van der Waals surface area contributed by atoms with E-state index in [0.29, 0.717) is 5.69 Å². The third kappa shape index (κ3) is 3.68. The van der Waals surface area contributed by atoms with Gasteiger partial charge in [-0.15, -0.1) is 0 Å². The highest BCUT2D eigenvalue weighted by atomic mass is 32.2. The van der Waals surface area contributed by atoms with Crippen molar-refractivity contribution in [3.8, 4) is 0 Å². The number of benzene rings is 1. The molecule has 2 aromatic rings. The van der Waals surface area contributed by atoms with Crippen LogP contribution in [0.5, 0.6) is 0 Å². The smallest absolute Gasteiger partial charge is 0.254 e. The Kier molecular flexibility index (Phi) is 4.29. The van der Waals surface area contributed by atoms with Crippen LogP contribution in [-0.2, 0) is 9.84 Å². The van der Waals surface area contributed by atoms with Gasteiger partial charge in [0.1, 0.15) is 11.4 Å². The lowest BCUT2D eigenvalue weighted by Crippen LogP contribution is -2.34. The Balaban J connectivity index is 1.91. The molecule has 8 nitrogen and oxygen atoms in total. The molecule has 1 aliphatic rings. The third-order valence-electron chi connectivity index (χ3n) is 3.90. The van der Waals surface area contributed by atoms with Crippen LogP contribution in [0.15, 0.2) is 30.5 Å². The van der Waals surface area contributed by atoms with Gasteiger partial charge in [-0.2, -0.15) is 5.10 Å². The molecule has 1 atom stereocenters. The molecule has 3 rings (SSSR count). The number of hydrogen-bond acceptors (Lipinski definition) is 6. The molecule has 1 aliphatic heterocycles. The molecule has 1 aromatic heterocycles. The SMILES string of the molecule is N=C1CS(=O)(=O)CC[C@H]1n1cc(C(N)=O)c(Nc2ccc(F)cc2)n1. The summed E-state index contributed by atoms with van der Waals surface area (Å²) in [6, 6.07) is 4.92. The Bertz CT molecular complexity index is 937. The van der Waals surface area contributed by atoms with E-state index in [4.69, 9.17) is 11.1 Å². The normalized spacial score (nSPS) is 19.6. The molecule has 0 unspecified atom stereocenters. The minimum Gasteiger partial charge on any atom is -0.365 e. The molecule has 0 saturated carbocycles. The standard InChI is InChI=1S/C15H16FN5O3S/c16-9-1-3-10(4-2-9)19-15-11(14(18)22)7-21(20-15)13-5-6-25(23,24)8-12(13)17/h1-4,7,13,17H,5-6,8H2,(H2,18,22)(H,19,20)/t13-/m1/s1. The number of nitrogens with zero attached hydrogens (tertiary/aromatic N) is 2. The van der Waals surface area contributed by atoms with Gasteiger partial charge in [0.2, 0.25) is 0 Å². The molecule has 0 radical (unpaired) electrons. The topological polar surface area (TPSA) is 131 Å². The van der Waals surface area contributed by atoms with Crippen molar-refractivity contribution >= 4 is 33.0 Å². The van der Waals surface area contributed by atoms with Crippen molar-refractivity contribution in [2.45, 2.75) is 12.5 Å². The van der Waals surface area contributed by atoms with Crippen molar-refractivity contribution in [3.05, 3.63) is 41.8 Å². The molecular weight excluding hydrogens is 349 g/mol. The average molecular weight is 365 g/mol. The number of hydrogen-bond donors (Lipinski definition) is 3. The van der Waals surface area contributed by atoms with Crippen molar-refractivity contribution in [2.24, 2.45) is 5.73 Å². The fraction of sp³-hybridized carbons (Fsp3) is 0.267. The van der Waals surface area contributed by atoms with Crippen LogP contribution in [0.3, 0.4) is 0 Å². The lowest BCUT2D eigenvalue weighted by molar-refractivity contribution is 0.100. The van der Waals surface area contributed by atoms with Gasteiger partial charge in [0.05, 0.1) is 17.5 Å². The molecule has 10 heteroatoms. The highest BCUT2D eigenvalue weighted by Gasteiger charge is 2.31. The summed E-state index contributed by atoms with van der Waals surface area (Å²) in [5.41, 5.74) is 6.00.